The van der Waals surface area contributed by atoms with Crippen molar-refractivity contribution in [1.29, 1.82) is 0 Å². The molecular formula is C10H5Br2NO3. The van der Waals surface area contributed by atoms with E-state index in [1.165, 1.54) is 0 Å². The number of pyridine rings is 1. The summed E-state index contributed by atoms with van der Waals surface area (Å²) in [5, 5.41) is 9.25. The molecule has 2 aromatic rings. The first-order valence-corrected chi connectivity index (χ1v) is 5.83. The van der Waals surface area contributed by atoms with Gasteiger partial charge in [0.25, 0.3) is 0 Å². The van der Waals surface area contributed by atoms with Crippen LogP contribution in [0.25, 0.3) is 10.9 Å². The summed E-state index contributed by atoms with van der Waals surface area (Å²) in [7, 11) is 0. The lowest BCUT2D eigenvalue weighted by molar-refractivity contribution is 0.0691. The van der Waals surface area contributed by atoms with Crippen LogP contribution in [0.2, 0.25) is 0 Å². The second-order valence-electron chi connectivity index (χ2n) is 3.16. The van der Waals surface area contributed by atoms with E-state index in [1.54, 1.807) is 12.1 Å². The number of halogens is 2. The molecule has 1 heterocycles. The van der Waals surface area contributed by atoms with E-state index in [-0.39, 0.29) is 11.1 Å². The van der Waals surface area contributed by atoms with E-state index in [1.807, 2.05) is 0 Å². The number of benzene rings is 1. The van der Waals surface area contributed by atoms with Gasteiger partial charge in [-0.2, -0.15) is 0 Å². The van der Waals surface area contributed by atoms with Gasteiger partial charge in [0.15, 0.2) is 5.43 Å². The van der Waals surface area contributed by atoms with Crippen LogP contribution in [0.5, 0.6) is 0 Å². The van der Waals surface area contributed by atoms with Crippen LogP contribution in [-0.2, 0) is 0 Å². The van der Waals surface area contributed by atoms with Crippen LogP contribution in [0.1, 0.15) is 10.5 Å². The van der Waals surface area contributed by atoms with Crippen LogP contribution < -0.4 is 5.43 Å². The standard InChI is InChI=1S/C10H5Br2NO3/c11-5-1-4-7(2-6(5)12)13-8(10(15)16)3-9(4)14/h1-3H,(H,13,14)(H,15,16). The number of carboxylic acid groups (broad SMARTS) is 1. The van der Waals surface area contributed by atoms with Gasteiger partial charge in [0.2, 0.25) is 0 Å². The van der Waals surface area contributed by atoms with E-state index in [9.17, 15) is 9.59 Å². The summed E-state index contributed by atoms with van der Waals surface area (Å²) in [6, 6.07) is 4.38. The number of rotatable bonds is 1. The maximum Gasteiger partial charge on any atom is 0.352 e. The fourth-order valence-electron chi connectivity index (χ4n) is 1.36. The van der Waals surface area contributed by atoms with Crippen molar-refractivity contribution in [3.8, 4) is 0 Å². The topological polar surface area (TPSA) is 70.2 Å². The molecule has 0 spiro atoms. The molecule has 6 heteroatoms. The first-order chi connectivity index (χ1) is 7.49. The molecule has 4 nitrogen and oxygen atoms in total. The van der Waals surface area contributed by atoms with Gasteiger partial charge < -0.3 is 10.1 Å². The smallest absolute Gasteiger partial charge is 0.352 e. The lowest BCUT2D eigenvalue weighted by Crippen LogP contribution is -2.09. The highest BCUT2D eigenvalue weighted by molar-refractivity contribution is 9.13. The van der Waals surface area contributed by atoms with Crippen molar-refractivity contribution in [3.63, 3.8) is 0 Å². The van der Waals surface area contributed by atoms with Crippen LogP contribution in [-0.4, -0.2) is 16.1 Å². The fraction of sp³-hybridized carbons (Fsp3) is 0. The molecule has 0 saturated carbocycles. The summed E-state index contributed by atoms with van der Waals surface area (Å²) < 4.78 is 1.49. The van der Waals surface area contributed by atoms with Crippen molar-refractivity contribution in [1.82, 2.24) is 4.98 Å². The molecule has 0 fully saturated rings. The third kappa shape index (κ3) is 1.90. The predicted molar refractivity (Wildman–Crippen MR) is 66.9 cm³/mol. The Kier molecular flexibility index (Phi) is 2.86. The number of nitrogens with one attached hydrogen (secondary N) is 1. The number of H-pyrrole nitrogens is 1. The van der Waals surface area contributed by atoms with Crippen molar-refractivity contribution in [2.75, 3.05) is 0 Å². The van der Waals surface area contributed by atoms with E-state index in [2.05, 4.69) is 36.8 Å². The van der Waals surface area contributed by atoms with Crippen LogP contribution in [0.15, 0.2) is 31.9 Å². The molecule has 0 unspecified atom stereocenters. The number of hydrogen-bond acceptors (Lipinski definition) is 2. The van der Waals surface area contributed by atoms with Crippen molar-refractivity contribution in [2.24, 2.45) is 0 Å². The van der Waals surface area contributed by atoms with E-state index >= 15 is 0 Å². The molecule has 2 N–H and O–H groups in total. The predicted octanol–water partition coefficient (Wildman–Crippen LogP) is 2.75. The largest absolute Gasteiger partial charge is 0.477 e. The Labute approximate surface area is 107 Å². The molecule has 0 amide bonds. The summed E-state index contributed by atoms with van der Waals surface area (Å²) in [6.07, 6.45) is 0. The summed E-state index contributed by atoms with van der Waals surface area (Å²) in [5.74, 6) is -1.15. The number of fused-ring (bicyclic) bond motifs is 1. The number of aromatic carboxylic acids is 1. The monoisotopic (exact) mass is 345 g/mol. The lowest BCUT2D eigenvalue weighted by Gasteiger charge is -2.02. The van der Waals surface area contributed by atoms with E-state index in [0.29, 0.717) is 10.9 Å². The highest BCUT2D eigenvalue weighted by Gasteiger charge is 2.09. The zero-order valence-corrected chi connectivity index (χ0v) is 10.9. The van der Waals surface area contributed by atoms with Crippen molar-refractivity contribution in [2.45, 2.75) is 0 Å². The minimum Gasteiger partial charge on any atom is -0.477 e. The fourth-order valence-corrected chi connectivity index (χ4v) is 2.05. The van der Waals surface area contributed by atoms with Gasteiger partial charge in [-0.1, -0.05) is 0 Å². The maximum absolute atomic E-state index is 11.6. The number of carbonyl (C=O) groups is 1. The first-order valence-electron chi connectivity index (χ1n) is 4.24. The average molecular weight is 347 g/mol. The molecule has 0 aliphatic carbocycles. The van der Waals surface area contributed by atoms with Gasteiger partial charge in [0, 0.05) is 20.4 Å². The van der Waals surface area contributed by atoms with E-state index < -0.39 is 5.97 Å². The minimum absolute atomic E-state index is 0.119. The lowest BCUT2D eigenvalue weighted by atomic mass is 10.2. The van der Waals surface area contributed by atoms with Gasteiger partial charge in [0.1, 0.15) is 5.69 Å². The first kappa shape index (κ1) is 11.3. The molecule has 16 heavy (non-hydrogen) atoms. The quantitative estimate of drug-likeness (QED) is 0.834. The normalized spacial score (nSPS) is 10.6. The second-order valence-corrected chi connectivity index (χ2v) is 4.87. The molecule has 0 aliphatic heterocycles. The Hall–Kier alpha value is -1.14. The Morgan fingerprint density at radius 3 is 2.44 bits per heavy atom. The Morgan fingerprint density at radius 1 is 1.19 bits per heavy atom. The van der Waals surface area contributed by atoms with Gasteiger partial charge >= 0.3 is 5.97 Å². The Balaban J connectivity index is 2.88. The van der Waals surface area contributed by atoms with Gasteiger partial charge in [0.05, 0.1) is 5.52 Å². The number of aromatic amines is 1. The molecule has 1 aromatic carbocycles. The van der Waals surface area contributed by atoms with Crippen LogP contribution in [0.3, 0.4) is 0 Å². The average Bonchev–Trinajstić information content (AvgIpc) is 2.20. The second kappa shape index (κ2) is 4.03. The third-order valence-electron chi connectivity index (χ3n) is 2.10. The van der Waals surface area contributed by atoms with Crippen molar-refractivity contribution >= 4 is 48.7 Å². The zero-order valence-electron chi connectivity index (χ0n) is 7.75. The molecule has 1 aromatic heterocycles. The van der Waals surface area contributed by atoms with Crippen LogP contribution in [0.4, 0.5) is 0 Å². The highest BCUT2D eigenvalue weighted by atomic mass is 79.9. The zero-order chi connectivity index (χ0) is 11.9. The van der Waals surface area contributed by atoms with Crippen molar-refractivity contribution < 1.29 is 9.90 Å². The van der Waals surface area contributed by atoms with Gasteiger partial charge in [-0.25, -0.2) is 4.79 Å². The van der Waals surface area contributed by atoms with Crippen molar-refractivity contribution in [3.05, 3.63) is 43.1 Å². The van der Waals surface area contributed by atoms with Crippen LogP contribution in [0, 0.1) is 0 Å². The maximum atomic E-state index is 11.6. The summed E-state index contributed by atoms with van der Waals surface area (Å²) in [4.78, 5) is 25.1. The third-order valence-corrected chi connectivity index (χ3v) is 3.95. The molecule has 0 aliphatic rings. The molecule has 0 atom stereocenters. The summed E-state index contributed by atoms with van der Waals surface area (Å²) in [5.41, 5.74) is 0.0473. The minimum atomic E-state index is -1.15. The summed E-state index contributed by atoms with van der Waals surface area (Å²) in [6.45, 7) is 0. The van der Waals surface area contributed by atoms with E-state index in [0.717, 1.165) is 15.0 Å². The van der Waals surface area contributed by atoms with Gasteiger partial charge in [-0.05, 0) is 44.0 Å². The Bertz CT molecular complexity index is 648. The van der Waals surface area contributed by atoms with Crippen LogP contribution >= 0.6 is 31.9 Å². The molecule has 2 rings (SSSR count). The molecular weight excluding hydrogens is 342 g/mol. The SMILES string of the molecule is O=C(O)c1cc(=O)c2cc(Br)c(Br)cc2[nH]1. The Morgan fingerprint density at radius 2 is 1.81 bits per heavy atom. The highest BCUT2D eigenvalue weighted by Crippen LogP contribution is 2.26. The van der Waals surface area contributed by atoms with E-state index in [4.69, 9.17) is 5.11 Å². The molecule has 0 saturated heterocycles. The molecule has 0 radical (unpaired) electrons. The number of hydrogen-bond donors (Lipinski definition) is 2. The molecule has 82 valence electrons. The van der Waals surface area contributed by atoms with Gasteiger partial charge in [-0.15, -0.1) is 0 Å². The molecule has 0 bridgehead atoms. The summed E-state index contributed by atoms with van der Waals surface area (Å²) >= 11 is 6.57. The number of aromatic nitrogens is 1. The number of carboxylic acids is 1. The van der Waals surface area contributed by atoms with Gasteiger partial charge in [-0.3, -0.25) is 4.79 Å².